The molecule has 0 saturated heterocycles. The van der Waals surface area contributed by atoms with Gasteiger partial charge in [0, 0.05) is 5.56 Å². The number of carbonyl (C=O) groups is 1. The SMILES string of the molecule is O=C1ON=C(CCl)/C1=C/c1c(F)cccc1Cl. The van der Waals surface area contributed by atoms with Crippen molar-refractivity contribution >= 4 is 41.0 Å². The van der Waals surface area contributed by atoms with Crippen LogP contribution in [0.15, 0.2) is 28.9 Å². The van der Waals surface area contributed by atoms with Gasteiger partial charge in [0.15, 0.2) is 0 Å². The summed E-state index contributed by atoms with van der Waals surface area (Å²) in [6.45, 7) is 0. The molecule has 0 aromatic heterocycles. The third-order valence-electron chi connectivity index (χ3n) is 2.18. The van der Waals surface area contributed by atoms with Gasteiger partial charge in [-0.25, -0.2) is 9.18 Å². The molecule has 1 aliphatic heterocycles. The molecule has 0 bridgehead atoms. The summed E-state index contributed by atoms with van der Waals surface area (Å²) in [6, 6.07) is 4.24. The van der Waals surface area contributed by atoms with Crippen LogP contribution in [0, 0.1) is 5.82 Å². The van der Waals surface area contributed by atoms with Gasteiger partial charge in [-0.3, -0.25) is 0 Å². The van der Waals surface area contributed by atoms with Crippen molar-refractivity contribution in [3.05, 3.63) is 40.2 Å². The molecule has 0 radical (unpaired) electrons. The lowest BCUT2D eigenvalue weighted by Crippen LogP contribution is -2.06. The average molecular weight is 274 g/mol. The van der Waals surface area contributed by atoms with Crippen LogP contribution in [0.25, 0.3) is 6.08 Å². The summed E-state index contributed by atoms with van der Waals surface area (Å²) in [5, 5.41) is 3.67. The molecule has 3 nitrogen and oxygen atoms in total. The van der Waals surface area contributed by atoms with E-state index in [1.54, 1.807) is 0 Å². The van der Waals surface area contributed by atoms with Gasteiger partial charge >= 0.3 is 5.97 Å². The fourth-order valence-corrected chi connectivity index (χ4v) is 1.75. The molecule has 0 aliphatic carbocycles. The molecule has 0 fully saturated rings. The number of oxime groups is 1. The van der Waals surface area contributed by atoms with Gasteiger partial charge in [0.25, 0.3) is 0 Å². The molecule has 0 unspecified atom stereocenters. The Morgan fingerprint density at radius 1 is 1.47 bits per heavy atom. The lowest BCUT2D eigenvalue weighted by molar-refractivity contribution is -0.136. The molecule has 6 heteroatoms. The van der Waals surface area contributed by atoms with Crippen molar-refractivity contribution in [1.82, 2.24) is 0 Å². The van der Waals surface area contributed by atoms with Crippen molar-refractivity contribution in [2.24, 2.45) is 5.16 Å². The maximum absolute atomic E-state index is 13.5. The standard InChI is InChI=1S/C11H6Cl2FNO2/c12-5-10-7(11(16)17-15-10)4-6-8(13)2-1-3-9(6)14/h1-4H,5H2/b7-4-. The molecule has 88 valence electrons. The van der Waals surface area contributed by atoms with Crippen LogP contribution in [0.2, 0.25) is 5.02 Å². The van der Waals surface area contributed by atoms with E-state index >= 15 is 0 Å². The van der Waals surface area contributed by atoms with Crippen LogP contribution >= 0.6 is 23.2 Å². The molecule has 1 aromatic rings. The van der Waals surface area contributed by atoms with E-state index in [0.29, 0.717) is 0 Å². The third kappa shape index (κ3) is 2.33. The van der Waals surface area contributed by atoms with E-state index in [1.807, 2.05) is 0 Å². The number of hydrogen-bond donors (Lipinski definition) is 0. The first-order valence-corrected chi connectivity index (χ1v) is 5.55. The van der Waals surface area contributed by atoms with E-state index < -0.39 is 11.8 Å². The number of rotatable bonds is 2. The number of alkyl halides is 1. The van der Waals surface area contributed by atoms with Crippen LogP contribution in [0.3, 0.4) is 0 Å². The van der Waals surface area contributed by atoms with Gasteiger partial charge in [0.2, 0.25) is 0 Å². The Bertz CT molecular complexity index is 520. The summed E-state index contributed by atoms with van der Waals surface area (Å²) in [6.07, 6.45) is 1.29. The Morgan fingerprint density at radius 3 is 2.88 bits per heavy atom. The molecule has 1 aromatic carbocycles. The third-order valence-corrected chi connectivity index (χ3v) is 2.77. The zero-order chi connectivity index (χ0) is 12.4. The lowest BCUT2D eigenvalue weighted by Gasteiger charge is -2.01. The minimum atomic E-state index is -0.667. The maximum atomic E-state index is 13.5. The molecule has 0 saturated carbocycles. The minimum absolute atomic E-state index is 0.00362. The molecule has 0 spiro atoms. The fourth-order valence-electron chi connectivity index (χ4n) is 1.34. The van der Waals surface area contributed by atoms with E-state index in [-0.39, 0.29) is 27.8 Å². The smallest absolute Gasteiger partial charge is 0.312 e. The molecule has 0 N–H and O–H groups in total. The van der Waals surface area contributed by atoms with Crippen molar-refractivity contribution in [3.63, 3.8) is 0 Å². The molecule has 0 atom stereocenters. The van der Waals surface area contributed by atoms with Crippen LogP contribution in [0.1, 0.15) is 5.56 Å². The van der Waals surface area contributed by atoms with Crippen LogP contribution < -0.4 is 0 Å². The topological polar surface area (TPSA) is 38.7 Å². The van der Waals surface area contributed by atoms with Gasteiger partial charge in [-0.15, -0.1) is 11.6 Å². The number of carbonyl (C=O) groups excluding carboxylic acids is 1. The van der Waals surface area contributed by atoms with Crippen molar-refractivity contribution in [1.29, 1.82) is 0 Å². The Balaban J connectivity index is 2.49. The molecule has 1 aliphatic rings. The van der Waals surface area contributed by atoms with E-state index in [9.17, 15) is 9.18 Å². The maximum Gasteiger partial charge on any atom is 0.367 e. The number of benzene rings is 1. The molecule has 17 heavy (non-hydrogen) atoms. The highest BCUT2D eigenvalue weighted by molar-refractivity contribution is 6.39. The van der Waals surface area contributed by atoms with Gasteiger partial charge in [-0.1, -0.05) is 22.8 Å². The summed E-state index contributed by atoms with van der Waals surface area (Å²) in [5.74, 6) is -1.19. The van der Waals surface area contributed by atoms with Crippen molar-refractivity contribution in [3.8, 4) is 0 Å². The van der Waals surface area contributed by atoms with Gasteiger partial charge < -0.3 is 4.84 Å². The summed E-state index contributed by atoms with van der Waals surface area (Å²) >= 11 is 11.4. The number of halogens is 3. The van der Waals surface area contributed by atoms with Crippen molar-refractivity contribution < 1.29 is 14.0 Å². The summed E-state index contributed by atoms with van der Waals surface area (Å²) < 4.78 is 13.5. The van der Waals surface area contributed by atoms with Crippen LogP contribution in [0.4, 0.5) is 4.39 Å². The predicted octanol–water partition coefficient (Wildman–Crippen LogP) is 3.01. The normalized spacial score (nSPS) is 17.2. The highest BCUT2D eigenvalue weighted by Gasteiger charge is 2.25. The molecule has 2 rings (SSSR count). The zero-order valence-corrected chi connectivity index (χ0v) is 9.93. The highest BCUT2D eigenvalue weighted by Crippen LogP contribution is 2.24. The van der Waals surface area contributed by atoms with E-state index in [0.717, 1.165) is 0 Å². The second-order valence-corrected chi connectivity index (χ2v) is 3.92. The monoisotopic (exact) mass is 273 g/mol. The Hall–Kier alpha value is -1.39. The largest absolute Gasteiger partial charge is 0.367 e. The van der Waals surface area contributed by atoms with Crippen LogP contribution in [-0.2, 0) is 9.63 Å². The predicted molar refractivity (Wildman–Crippen MR) is 63.6 cm³/mol. The first-order chi connectivity index (χ1) is 8.13. The molecule has 0 amide bonds. The minimum Gasteiger partial charge on any atom is -0.312 e. The Labute approximate surface area is 106 Å². The second kappa shape index (κ2) is 4.85. The molecular formula is C11H6Cl2FNO2. The van der Waals surface area contributed by atoms with E-state index in [2.05, 4.69) is 9.99 Å². The van der Waals surface area contributed by atoms with Gasteiger partial charge in [-0.2, -0.15) is 0 Å². The first kappa shape index (κ1) is 12.1. The van der Waals surface area contributed by atoms with Gasteiger partial charge in [-0.05, 0) is 18.2 Å². The number of nitrogens with zero attached hydrogens (tertiary/aromatic N) is 1. The fraction of sp³-hybridized carbons (Fsp3) is 0.0909. The lowest BCUT2D eigenvalue weighted by atomic mass is 10.1. The molecular weight excluding hydrogens is 268 g/mol. The van der Waals surface area contributed by atoms with Crippen LogP contribution in [-0.4, -0.2) is 17.6 Å². The van der Waals surface area contributed by atoms with E-state index in [4.69, 9.17) is 23.2 Å². The van der Waals surface area contributed by atoms with Gasteiger partial charge in [0.1, 0.15) is 11.5 Å². The summed E-state index contributed by atoms with van der Waals surface area (Å²) in [7, 11) is 0. The zero-order valence-electron chi connectivity index (χ0n) is 8.41. The Kier molecular flexibility index (Phi) is 3.45. The van der Waals surface area contributed by atoms with Gasteiger partial charge in [0.05, 0.1) is 16.5 Å². The first-order valence-electron chi connectivity index (χ1n) is 4.63. The number of hydrogen-bond acceptors (Lipinski definition) is 3. The highest BCUT2D eigenvalue weighted by atomic mass is 35.5. The van der Waals surface area contributed by atoms with E-state index in [1.165, 1.54) is 24.3 Å². The average Bonchev–Trinajstić information content (AvgIpc) is 2.65. The van der Waals surface area contributed by atoms with Crippen LogP contribution in [0.5, 0.6) is 0 Å². The second-order valence-electron chi connectivity index (χ2n) is 3.24. The molecule has 1 heterocycles. The Morgan fingerprint density at radius 2 is 2.24 bits per heavy atom. The summed E-state index contributed by atoms with van der Waals surface area (Å²) in [4.78, 5) is 15.8. The quantitative estimate of drug-likeness (QED) is 0.472. The summed E-state index contributed by atoms with van der Waals surface area (Å²) in [5.41, 5.74) is 0.490. The van der Waals surface area contributed by atoms with Crippen molar-refractivity contribution in [2.75, 3.05) is 5.88 Å². The van der Waals surface area contributed by atoms with Crippen molar-refractivity contribution in [2.45, 2.75) is 0 Å².